The van der Waals surface area contributed by atoms with Gasteiger partial charge in [0, 0.05) is 10.8 Å². The Labute approximate surface area is 85.8 Å². The summed E-state index contributed by atoms with van der Waals surface area (Å²) in [6, 6.07) is 2.87. The van der Waals surface area contributed by atoms with E-state index in [0.29, 0.717) is 12.2 Å². The van der Waals surface area contributed by atoms with E-state index in [-0.39, 0.29) is 5.92 Å². The maximum Gasteiger partial charge on any atom is 0.109 e. The molecule has 0 aromatic carbocycles. The van der Waals surface area contributed by atoms with Crippen molar-refractivity contribution in [2.75, 3.05) is 0 Å². The van der Waals surface area contributed by atoms with Gasteiger partial charge in [-0.2, -0.15) is 0 Å². The minimum atomic E-state index is -1.02. The van der Waals surface area contributed by atoms with Crippen molar-refractivity contribution < 1.29 is 14.6 Å². The zero-order valence-corrected chi connectivity index (χ0v) is 7.89. The molecule has 1 fully saturated rings. The largest absolute Gasteiger partial charge is 0.469 e. The van der Waals surface area contributed by atoms with Crippen LogP contribution in [0.25, 0.3) is 10.4 Å². The summed E-state index contributed by atoms with van der Waals surface area (Å²) in [6.45, 7) is 0. The summed E-state index contributed by atoms with van der Waals surface area (Å²) in [7, 11) is 0. The monoisotopic (exact) mass is 209 g/mol. The highest BCUT2D eigenvalue weighted by molar-refractivity contribution is 5.14. The van der Waals surface area contributed by atoms with Crippen molar-refractivity contribution in [3.05, 3.63) is 34.6 Å². The Morgan fingerprint density at radius 3 is 2.87 bits per heavy atom. The highest BCUT2D eigenvalue weighted by Gasteiger charge is 2.42. The van der Waals surface area contributed by atoms with Gasteiger partial charge in [-0.15, -0.1) is 0 Å². The third-order valence-corrected chi connectivity index (χ3v) is 2.76. The highest BCUT2D eigenvalue weighted by atomic mass is 16.3. The lowest BCUT2D eigenvalue weighted by atomic mass is 10.0. The van der Waals surface area contributed by atoms with Gasteiger partial charge >= 0.3 is 0 Å². The van der Waals surface area contributed by atoms with Crippen LogP contribution in [-0.2, 0) is 0 Å². The Balaban J connectivity index is 2.20. The number of aliphatic hydroxyl groups excluding tert-OH is 2. The summed E-state index contributed by atoms with van der Waals surface area (Å²) in [4.78, 5) is 2.64. The molecular formula is C9H11N3O3. The predicted octanol–water partition coefficient (Wildman–Crippen LogP) is 1.17. The first-order valence-electron chi connectivity index (χ1n) is 4.67. The molecule has 4 atom stereocenters. The van der Waals surface area contributed by atoms with Crippen molar-refractivity contribution in [3.8, 4) is 0 Å². The topological polar surface area (TPSA) is 102 Å². The minimum absolute atomic E-state index is 0.300. The van der Waals surface area contributed by atoms with Crippen LogP contribution in [-0.4, -0.2) is 28.5 Å². The fourth-order valence-electron chi connectivity index (χ4n) is 1.97. The molecule has 1 aromatic rings. The first-order valence-corrected chi connectivity index (χ1v) is 4.67. The van der Waals surface area contributed by atoms with Gasteiger partial charge in [-0.1, -0.05) is 5.11 Å². The van der Waals surface area contributed by atoms with E-state index >= 15 is 0 Å². The van der Waals surface area contributed by atoms with E-state index in [1.165, 1.54) is 6.26 Å². The molecule has 15 heavy (non-hydrogen) atoms. The van der Waals surface area contributed by atoms with Crippen molar-refractivity contribution in [1.29, 1.82) is 0 Å². The van der Waals surface area contributed by atoms with Crippen LogP contribution in [0.3, 0.4) is 0 Å². The molecule has 1 aliphatic carbocycles. The quantitative estimate of drug-likeness (QED) is 0.434. The van der Waals surface area contributed by atoms with Gasteiger partial charge in [0.2, 0.25) is 0 Å². The van der Waals surface area contributed by atoms with Gasteiger partial charge in [-0.25, -0.2) is 0 Å². The molecule has 1 aliphatic rings. The van der Waals surface area contributed by atoms with Gasteiger partial charge in [0.15, 0.2) is 0 Å². The van der Waals surface area contributed by atoms with E-state index in [0.717, 1.165) is 0 Å². The Bertz CT molecular complexity index is 372. The molecule has 0 spiro atoms. The van der Waals surface area contributed by atoms with Crippen LogP contribution in [0.4, 0.5) is 0 Å². The zero-order chi connectivity index (χ0) is 10.8. The van der Waals surface area contributed by atoms with Crippen molar-refractivity contribution in [1.82, 2.24) is 0 Å². The number of rotatable bonds is 2. The van der Waals surface area contributed by atoms with E-state index in [2.05, 4.69) is 10.0 Å². The van der Waals surface area contributed by atoms with E-state index in [9.17, 15) is 10.2 Å². The molecule has 2 rings (SSSR count). The van der Waals surface area contributed by atoms with Crippen molar-refractivity contribution in [2.45, 2.75) is 30.6 Å². The molecule has 0 aliphatic heterocycles. The minimum Gasteiger partial charge on any atom is -0.469 e. The van der Waals surface area contributed by atoms with Gasteiger partial charge in [0.05, 0.1) is 24.5 Å². The molecular weight excluding hydrogens is 198 g/mol. The Morgan fingerprint density at radius 1 is 1.47 bits per heavy atom. The third kappa shape index (κ3) is 1.70. The summed E-state index contributed by atoms with van der Waals surface area (Å²) in [5.41, 5.74) is 8.29. The molecule has 2 N–H and O–H groups in total. The summed E-state index contributed by atoms with van der Waals surface area (Å²) in [5, 5.41) is 22.8. The molecule has 0 unspecified atom stereocenters. The average Bonchev–Trinajstić information content (AvgIpc) is 2.82. The molecule has 1 saturated carbocycles. The van der Waals surface area contributed by atoms with E-state index in [4.69, 9.17) is 9.95 Å². The summed E-state index contributed by atoms with van der Waals surface area (Å²) < 4.78 is 5.16. The molecule has 0 bridgehead atoms. The Hall–Kier alpha value is -1.49. The number of hydrogen-bond acceptors (Lipinski definition) is 4. The van der Waals surface area contributed by atoms with Crippen LogP contribution in [0.15, 0.2) is 27.9 Å². The van der Waals surface area contributed by atoms with Crippen LogP contribution in [0.5, 0.6) is 0 Å². The average molecular weight is 209 g/mol. The van der Waals surface area contributed by atoms with Crippen LogP contribution in [0.1, 0.15) is 18.1 Å². The van der Waals surface area contributed by atoms with Gasteiger partial charge in [-0.05, 0) is 24.1 Å². The van der Waals surface area contributed by atoms with Gasteiger partial charge < -0.3 is 14.6 Å². The van der Waals surface area contributed by atoms with Crippen molar-refractivity contribution in [2.24, 2.45) is 5.11 Å². The van der Waals surface area contributed by atoms with E-state index in [1.807, 2.05) is 0 Å². The van der Waals surface area contributed by atoms with Crippen LogP contribution in [0.2, 0.25) is 0 Å². The van der Waals surface area contributed by atoms with Gasteiger partial charge in [0.25, 0.3) is 0 Å². The molecule has 0 amide bonds. The molecule has 6 nitrogen and oxygen atoms in total. The Kier molecular flexibility index (Phi) is 2.64. The lowest BCUT2D eigenvalue weighted by Crippen LogP contribution is -2.28. The molecule has 0 saturated heterocycles. The number of furan rings is 1. The standard InChI is InChI=1S/C9H11N3O3/c10-12-11-6-4-5(8(13)9(6)14)7-2-1-3-15-7/h1-3,5-6,8-9,13-14H,4H2/t5-,6-,8-,9+/m1/s1. The van der Waals surface area contributed by atoms with Crippen LogP contribution < -0.4 is 0 Å². The maximum atomic E-state index is 9.73. The SMILES string of the molecule is [N-]=[N+]=N[C@@H]1C[C@H](c2ccco2)[C@@H](O)[C@H]1O. The molecule has 1 heterocycles. The predicted molar refractivity (Wildman–Crippen MR) is 51.0 cm³/mol. The molecule has 0 radical (unpaired) electrons. The lowest BCUT2D eigenvalue weighted by Gasteiger charge is -2.13. The van der Waals surface area contributed by atoms with Crippen LogP contribution in [0, 0.1) is 0 Å². The zero-order valence-electron chi connectivity index (χ0n) is 7.89. The second kappa shape index (κ2) is 3.94. The normalized spacial score (nSPS) is 35.1. The first-order chi connectivity index (χ1) is 7.24. The third-order valence-electron chi connectivity index (χ3n) is 2.76. The van der Waals surface area contributed by atoms with E-state index in [1.54, 1.807) is 12.1 Å². The number of aliphatic hydroxyl groups is 2. The molecule has 80 valence electrons. The van der Waals surface area contributed by atoms with Crippen molar-refractivity contribution in [3.63, 3.8) is 0 Å². The van der Waals surface area contributed by atoms with Gasteiger partial charge in [-0.3, -0.25) is 0 Å². The number of nitrogens with zero attached hydrogens (tertiary/aromatic N) is 3. The summed E-state index contributed by atoms with van der Waals surface area (Å²) >= 11 is 0. The fraction of sp³-hybridized carbons (Fsp3) is 0.556. The molecule has 6 heteroatoms. The Morgan fingerprint density at radius 2 is 2.27 bits per heavy atom. The second-order valence-electron chi connectivity index (χ2n) is 3.61. The van der Waals surface area contributed by atoms with Crippen LogP contribution >= 0.6 is 0 Å². The summed E-state index contributed by atoms with van der Waals surface area (Å²) in [5.74, 6) is 0.308. The lowest BCUT2D eigenvalue weighted by molar-refractivity contribution is 0.0260. The van der Waals surface area contributed by atoms with Gasteiger partial charge in [0.1, 0.15) is 5.76 Å². The number of hydrogen-bond donors (Lipinski definition) is 2. The smallest absolute Gasteiger partial charge is 0.109 e. The molecule has 1 aromatic heterocycles. The van der Waals surface area contributed by atoms with Crippen molar-refractivity contribution >= 4 is 0 Å². The second-order valence-corrected chi connectivity index (χ2v) is 3.61. The van der Waals surface area contributed by atoms with E-state index < -0.39 is 18.2 Å². The fourth-order valence-corrected chi connectivity index (χ4v) is 1.97. The first kappa shape index (κ1) is 10.0. The summed E-state index contributed by atoms with van der Waals surface area (Å²) in [6.07, 6.45) is -0.0439. The maximum absolute atomic E-state index is 9.73. The number of azide groups is 1. The highest BCUT2D eigenvalue weighted by Crippen LogP contribution is 2.36.